The molecule has 2 aromatic rings. The number of likely N-dealkylation sites (tertiary alicyclic amines) is 1. The van der Waals surface area contributed by atoms with E-state index >= 15 is 4.39 Å². The van der Waals surface area contributed by atoms with Crippen LogP contribution in [0.25, 0.3) is 11.1 Å². The Morgan fingerprint density at radius 1 is 1.18 bits per heavy atom. The zero-order valence-electron chi connectivity index (χ0n) is 16.1. The summed E-state index contributed by atoms with van der Waals surface area (Å²) in [6, 6.07) is 9.43. The quantitative estimate of drug-likeness (QED) is 0.645. The lowest BCUT2D eigenvalue weighted by atomic mass is 9.91. The second kappa shape index (κ2) is 7.57. The SMILES string of the molecule is CC(C)C(=O)N1CC(F)(F)[C@H](C)[C@@H]1Cc1cccc(-c2cccc(F)c2)c1F. The molecule has 2 nitrogen and oxygen atoms in total. The van der Waals surface area contributed by atoms with E-state index in [0.717, 1.165) is 0 Å². The summed E-state index contributed by atoms with van der Waals surface area (Å²) in [5, 5.41) is 0. The Labute approximate surface area is 162 Å². The largest absolute Gasteiger partial charge is 0.333 e. The predicted molar refractivity (Wildman–Crippen MR) is 99.9 cm³/mol. The monoisotopic (exact) mass is 393 g/mol. The van der Waals surface area contributed by atoms with Crippen molar-refractivity contribution in [2.24, 2.45) is 11.8 Å². The van der Waals surface area contributed by atoms with Gasteiger partial charge in [-0.2, -0.15) is 0 Å². The molecule has 2 aromatic carbocycles. The topological polar surface area (TPSA) is 20.3 Å². The Bertz CT molecular complexity index is 881. The molecule has 0 spiro atoms. The first-order valence-electron chi connectivity index (χ1n) is 9.33. The lowest BCUT2D eigenvalue weighted by molar-refractivity contribution is -0.136. The molecule has 0 aliphatic carbocycles. The van der Waals surface area contributed by atoms with Crippen molar-refractivity contribution in [2.45, 2.75) is 39.2 Å². The first-order valence-corrected chi connectivity index (χ1v) is 9.33. The minimum Gasteiger partial charge on any atom is -0.333 e. The Hall–Kier alpha value is -2.37. The fraction of sp³-hybridized carbons (Fsp3) is 0.409. The van der Waals surface area contributed by atoms with Crippen LogP contribution in [0.15, 0.2) is 42.5 Å². The van der Waals surface area contributed by atoms with Crippen LogP contribution in [0.5, 0.6) is 0 Å². The van der Waals surface area contributed by atoms with Crippen molar-refractivity contribution in [2.75, 3.05) is 6.54 Å². The molecule has 28 heavy (non-hydrogen) atoms. The fourth-order valence-corrected chi connectivity index (χ4v) is 3.74. The lowest BCUT2D eigenvalue weighted by Crippen LogP contribution is -2.41. The number of halogens is 4. The van der Waals surface area contributed by atoms with E-state index in [4.69, 9.17) is 0 Å². The number of benzene rings is 2. The molecule has 1 aliphatic rings. The fourth-order valence-electron chi connectivity index (χ4n) is 3.74. The van der Waals surface area contributed by atoms with E-state index in [-0.39, 0.29) is 23.5 Å². The number of carbonyl (C=O) groups is 1. The van der Waals surface area contributed by atoms with Gasteiger partial charge < -0.3 is 4.90 Å². The molecule has 2 atom stereocenters. The van der Waals surface area contributed by atoms with Crippen molar-refractivity contribution in [3.63, 3.8) is 0 Å². The summed E-state index contributed by atoms with van der Waals surface area (Å²) in [5.41, 5.74) is 0.813. The highest BCUT2D eigenvalue weighted by atomic mass is 19.3. The van der Waals surface area contributed by atoms with Crippen molar-refractivity contribution < 1.29 is 22.4 Å². The van der Waals surface area contributed by atoms with Gasteiger partial charge in [0, 0.05) is 23.4 Å². The van der Waals surface area contributed by atoms with Gasteiger partial charge >= 0.3 is 0 Å². The highest BCUT2D eigenvalue weighted by Gasteiger charge is 2.53. The first-order chi connectivity index (χ1) is 13.1. The standard InChI is InChI=1S/C22H23F4NO/c1-13(2)21(28)27-12-22(25,26)14(3)19(27)11-16-7-5-9-18(20(16)24)15-6-4-8-17(23)10-15/h4-10,13-14,19H,11-12H2,1-3H3/t14-,19+/m1/s1. The third-order valence-corrected chi connectivity index (χ3v) is 5.45. The van der Waals surface area contributed by atoms with E-state index in [1.165, 1.54) is 42.2 Å². The van der Waals surface area contributed by atoms with Gasteiger partial charge in [-0.3, -0.25) is 4.79 Å². The summed E-state index contributed by atoms with van der Waals surface area (Å²) in [6.07, 6.45) is -0.0236. The maximum atomic E-state index is 15.1. The normalized spacial score (nSPS) is 21.4. The van der Waals surface area contributed by atoms with Gasteiger partial charge in [0.25, 0.3) is 5.92 Å². The van der Waals surface area contributed by atoms with Crippen LogP contribution in [-0.2, 0) is 11.2 Å². The van der Waals surface area contributed by atoms with Gasteiger partial charge in [-0.1, -0.05) is 51.1 Å². The molecular formula is C22H23F4NO. The van der Waals surface area contributed by atoms with Gasteiger partial charge in [-0.15, -0.1) is 0 Å². The summed E-state index contributed by atoms with van der Waals surface area (Å²) < 4.78 is 57.3. The van der Waals surface area contributed by atoms with Gasteiger partial charge in [0.2, 0.25) is 5.91 Å². The molecule has 0 aromatic heterocycles. The van der Waals surface area contributed by atoms with Crippen LogP contribution in [0.2, 0.25) is 0 Å². The van der Waals surface area contributed by atoms with Crippen molar-refractivity contribution in [3.05, 3.63) is 59.7 Å². The van der Waals surface area contributed by atoms with Crippen LogP contribution in [-0.4, -0.2) is 29.3 Å². The average Bonchev–Trinajstić information content (AvgIpc) is 2.86. The molecule has 0 N–H and O–H groups in total. The second-order valence-corrected chi connectivity index (χ2v) is 7.73. The number of nitrogens with zero attached hydrogens (tertiary/aromatic N) is 1. The van der Waals surface area contributed by atoms with Crippen LogP contribution >= 0.6 is 0 Å². The Kier molecular flexibility index (Phi) is 5.50. The molecule has 1 aliphatic heterocycles. The molecule has 0 unspecified atom stereocenters. The smallest absolute Gasteiger partial charge is 0.269 e. The number of carbonyl (C=O) groups excluding carboxylic acids is 1. The third kappa shape index (κ3) is 3.77. The van der Waals surface area contributed by atoms with Gasteiger partial charge in [-0.05, 0) is 29.7 Å². The van der Waals surface area contributed by atoms with Crippen LogP contribution in [0.1, 0.15) is 26.3 Å². The molecule has 0 saturated carbocycles. The number of rotatable bonds is 4. The lowest BCUT2D eigenvalue weighted by Gasteiger charge is -2.28. The zero-order valence-corrected chi connectivity index (χ0v) is 16.1. The molecule has 1 heterocycles. The van der Waals surface area contributed by atoms with Crippen molar-refractivity contribution in [1.29, 1.82) is 0 Å². The second-order valence-electron chi connectivity index (χ2n) is 7.73. The summed E-state index contributed by atoms with van der Waals surface area (Å²) in [4.78, 5) is 13.6. The minimum atomic E-state index is -3.02. The maximum Gasteiger partial charge on any atom is 0.269 e. The molecule has 3 rings (SSSR count). The Morgan fingerprint density at radius 2 is 1.86 bits per heavy atom. The van der Waals surface area contributed by atoms with Gasteiger partial charge in [0.15, 0.2) is 0 Å². The zero-order chi connectivity index (χ0) is 20.6. The first kappa shape index (κ1) is 20.4. The Balaban J connectivity index is 1.96. The number of hydrogen-bond acceptors (Lipinski definition) is 1. The summed E-state index contributed by atoms with van der Waals surface area (Å²) >= 11 is 0. The minimum absolute atomic E-state index is 0.0236. The Morgan fingerprint density at radius 3 is 2.50 bits per heavy atom. The van der Waals surface area contributed by atoms with E-state index in [9.17, 15) is 18.0 Å². The van der Waals surface area contributed by atoms with E-state index in [2.05, 4.69) is 0 Å². The summed E-state index contributed by atoms with van der Waals surface area (Å²) in [5.74, 6) is -5.96. The highest BCUT2D eigenvalue weighted by molar-refractivity contribution is 5.79. The van der Waals surface area contributed by atoms with Gasteiger partial charge in [0.05, 0.1) is 6.54 Å². The maximum absolute atomic E-state index is 15.1. The third-order valence-electron chi connectivity index (χ3n) is 5.45. The number of alkyl halides is 2. The van der Waals surface area contributed by atoms with Crippen LogP contribution in [0, 0.1) is 23.5 Å². The van der Waals surface area contributed by atoms with Gasteiger partial charge in [-0.25, -0.2) is 17.6 Å². The highest BCUT2D eigenvalue weighted by Crippen LogP contribution is 2.40. The van der Waals surface area contributed by atoms with Crippen molar-refractivity contribution in [3.8, 4) is 11.1 Å². The number of amides is 1. The van der Waals surface area contributed by atoms with Crippen molar-refractivity contribution in [1.82, 2.24) is 4.90 Å². The van der Waals surface area contributed by atoms with E-state index in [1.807, 2.05) is 0 Å². The van der Waals surface area contributed by atoms with E-state index < -0.39 is 42.0 Å². The van der Waals surface area contributed by atoms with Crippen LogP contribution in [0.4, 0.5) is 17.6 Å². The van der Waals surface area contributed by atoms with Crippen molar-refractivity contribution >= 4 is 5.91 Å². The molecule has 150 valence electrons. The predicted octanol–water partition coefficient (Wildman–Crippen LogP) is 5.31. The molecule has 1 saturated heterocycles. The number of hydrogen-bond donors (Lipinski definition) is 0. The molecule has 0 radical (unpaired) electrons. The molecule has 1 amide bonds. The molecule has 6 heteroatoms. The van der Waals surface area contributed by atoms with E-state index in [0.29, 0.717) is 5.56 Å². The average molecular weight is 393 g/mol. The van der Waals surface area contributed by atoms with Gasteiger partial charge in [0.1, 0.15) is 11.6 Å². The van der Waals surface area contributed by atoms with E-state index in [1.54, 1.807) is 26.0 Å². The molecule has 0 bridgehead atoms. The molecular weight excluding hydrogens is 370 g/mol. The summed E-state index contributed by atoms with van der Waals surface area (Å²) in [7, 11) is 0. The van der Waals surface area contributed by atoms with Crippen LogP contribution in [0.3, 0.4) is 0 Å². The summed E-state index contributed by atoms with van der Waals surface area (Å²) in [6.45, 7) is 4.06. The van der Waals surface area contributed by atoms with Crippen LogP contribution < -0.4 is 0 Å². The molecule has 1 fully saturated rings.